The molecule has 0 aromatic heterocycles. The Morgan fingerprint density at radius 1 is 0.512 bits per heavy atom. The van der Waals surface area contributed by atoms with Gasteiger partial charge in [-0.3, -0.25) is 0 Å². The number of benzene rings is 7. The second-order valence-electron chi connectivity index (χ2n) is 11.0. The van der Waals surface area contributed by atoms with Crippen LogP contribution in [0.1, 0.15) is 33.4 Å². The Bertz CT molecular complexity index is 2250. The van der Waals surface area contributed by atoms with Crippen molar-refractivity contribution >= 4 is 61.5 Å². The van der Waals surface area contributed by atoms with E-state index in [-0.39, 0.29) is 0 Å². The molecule has 0 aliphatic carbocycles. The molecule has 0 saturated carbocycles. The third kappa shape index (κ3) is 4.55. The van der Waals surface area contributed by atoms with E-state index in [1.807, 2.05) is 25.1 Å². The molecule has 0 amide bonds. The molecule has 0 bridgehead atoms. The van der Waals surface area contributed by atoms with Crippen molar-refractivity contribution < 1.29 is 0 Å². The zero-order valence-electron chi connectivity index (χ0n) is 24.0. The number of nitriles is 2. The average molecular weight is 550 g/mol. The molecule has 0 radical (unpaired) electrons. The average Bonchev–Trinajstić information content (AvgIpc) is 3.04. The minimum atomic E-state index is 0.440. The van der Waals surface area contributed by atoms with Crippen molar-refractivity contribution in [2.24, 2.45) is 0 Å². The molecular formula is C40H27N3. The van der Waals surface area contributed by atoms with Crippen molar-refractivity contribution in [2.45, 2.75) is 13.8 Å². The lowest BCUT2D eigenvalue weighted by molar-refractivity contribution is 1.27. The highest BCUT2D eigenvalue weighted by atomic mass is 15.1. The van der Waals surface area contributed by atoms with Gasteiger partial charge in [0.2, 0.25) is 0 Å². The summed E-state index contributed by atoms with van der Waals surface area (Å²) in [5.74, 6) is 0. The second-order valence-corrected chi connectivity index (χ2v) is 11.0. The van der Waals surface area contributed by atoms with E-state index in [0.717, 1.165) is 66.1 Å². The summed E-state index contributed by atoms with van der Waals surface area (Å²) in [6.07, 6.45) is 4.17. The van der Waals surface area contributed by atoms with E-state index in [1.54, 1.807) is 0 Å². The molecule has 0 atom stereocenters. The quantitative estimate of drug-likeness (QED) is 0.158. The smallest absolute Gasteiger partial charge is 0.101 e. The third-order valence-electron chi connectivity index (χ3n) is 8.14. The normalized spacial score (nSPS) is 11.3. The first-order valence-electron chi connectivity index (χ1n) is 14.3. The van der Waals surface area contributed by atoms with Crippen LogP contribution in [-0.2, 0) is 0 Å². The zero-order chi connectivity index (χ0) is 29.5. The van der Waals surface area contributed by atoms with Crippen LogP contribution in [0.3, 0.4) is 0 Å². The molecule has 0 unspecified atom stereocenters. The van der Waals surface area contributed by atoms with Gasteiger partial charge in [-0.25, -0.2) is 0 Å². The van der Waals surface area contributed by atoms with Crippen molar-refractivity contribution in [3.63, 3.8) is 0 Å². The molecule has 0 heterocycles. The van der Waals surface area contributed by atoms with Crippen LogP contribution >= 0.6 is 0 Å². The predicted octanol–water partition coefficient (Wildman–Crippen LogP) is 10.6. The number of para-hydroxylation sites is 1. The minimum Gasteiger partial charge on any atom is -0.311 e. The van der Waals surface area contributed by atoms with Crippen LogP contribution in [0.25, 0.3) is 44.5 Å². The maximum Gasteiger partial charge on any atom is 0.101 e. The van der Waals surface area contributed by atoms with Gasteiger partial charge in [-0.05, 0) is 107 Å². The van der Waals surface area contributed by atoms with Gasteiger partial charge in [-0.15, -0.1) is 0 Å². The molecule has 7 aromatic carbocycles. The van der Waals surface area contributed by atoms with E-state index >= 15 is 0 Å². The summed E-state index contributed by atoms with van der Waals surface area (Å²) in [5, 5.41) is 26.2. The standard InChI is InChI=1S/C40H27N3/c1-26-8-16-33(17-9-26)43(32-6-4-3-5-7-32)34-18-12-28(13-19-34)10-11-29-22-31-15-14-30-20-27(2)21-35-37(24-41)38(25-42)36(23-29)40(31)39(30)35/h3-23H,1-2H3. The van der Waals surface area contributed by atoms with Crippen LogP contribution in [0, 0.1) is 36.5 Å². The minimum absolute atomic E-state index is 0.440. The fourth-order valence-electron chi connectivity index (χ4n) is 6.14. The van der Waals surface area contributed by atoms with E-state index in [9.17, 15) is 10.5 Å². The molecule has 0 saturated heterocycles. The van der Waals surface area contributed by atoms with Gasteiger partial charge >= 0.3 is 0 Å². The van der Waals surface area contributed by atoms with Gasteiger partial charge in [0.25, 0.3) is 0 Å². The van der Waals surface area contributed by atoms with Crippen LogP contribution in [0.15, 0.2) is 115 Å². The lowest BCUT2D eigenvalue weighted by Crippen LogP contribution is -2.09. The Kier molecular flexibility index (Phi) is 6.35. The first kappa shape index (κ1) is 26.0. The van der Waals surface area contributed by atoms with Gasteiger partial charge in [0.15, 0.2) is 0 Å². The highest BCUT2D eigenvalue weighted by molar-refractivity contribution is 6.26. The molecule has 3 nitrogen and oxygen atoms in total. The van der Waals surface area contributed by atoms with Crippen LogP contribution in [0.4, 0.5) is 17.1 Å². The van der Waals surface area contributed by atoms with E-state index in [4.69, 9.17) is 0 Å². The lowest BCUT2D eigenvalue weighted by Gasteiger charge is -2.25. The summed E-state index contributed by atoms with van der Waals surface area (Å²) in [5.41, 5.74) is 8.53. The molecule has 43 heavy (non-hydrogen) atoms. The summed E-state index contributed by atoms with van der Waals surface area (Å²) >= 11 is 0. The fourth-order valence-corrected chi connectivity index (χ4v) is 6.14. The van der Waals surface area contributed by atoms with Gasteiger partial charge < -0.3 is 4.90 Å². The fraction of sp³-hybridized carbons (Fsp3) is 0.0500. The lowest BCUT2D eigenvalue weighted by atomic mass is 9.86. The van der Waals surface area contributed by atoms with Crippen molar-refractivity contribution in [1.82, 2.24) is 0 Å². The molecule has 0 aliphatic rings. The Morgan fingerprint density at radius 2 is 1.05 bits per heavy atom. The molecule has 3 heteroatoms. The molecule has 202 valence electrons. The van der Waals surface area contributed by atoms with E-state index < -0.39 is 0 Å². The van der Waals surface area contributed by atoms with Crippen molar-refractivity contribution in [1.29, 1.82) is 10.5 Å². The van der Waals surface area contributed by atoms with Gasteiger partial charge in [-0.1, -0.05) is 78.4 Å². The van der Waals surface area contributed by atoms with Crippen LogP contribution < -0.4 is 4.90 Å². The Balaban J connectivity index is 1.28. The van der Waals surface area contributed by atoms with Crippen LogP contribution in [0.2, 0.25) is 0 Å². The number of anilines is 3. The van der Waals surface area contributed by atoms with Crippen LogP contribution in [0.5, 0.6) is 0 Å². The molecule has 0 fully saturated rings. The van der Waals surface area contributed by atoms with Crippen molar-refractivity contribution in [3.05, 3.63) is 149 Å². The summed E-state index contributed by atoms with van der Waals surface area (Å²) in [7, 11) is 0. The Labute approximate surface area is 251 Å². The summed E-state index contributed by atoms with van der Waals surface area (Å²) in [4.78, 5) is 2.25. The molecule has 0 N–H and O–H groups in total. The van der Waals surface area contributed by atoms with Gasteiger partial charge in [0.1, 0.15) is 12.1 Å². The number of hydrogen-bond acceptors (Lipinski definition) is 3. The van der Waals surface area contributed by atoms with Gasteiger partial charge in [-0.2, -0.15) is 10.5 Å². The van der Waals surface area contributed by atoms with Gasteiger partial charge in [0, 0.05) is 27.8 Å². The first-order chi connectivity index (χ1) is 21.0. The number of aryl methyl sites for hydroxylation is 2. The maximum atomic E-state index is 10.2. The molecular weight excluding hydrogens is 522 g/mol. The number of nitrogens with zero attached hydrogens (tertiary/aromatic N) is 3. The summed E-state index contributed by atoms with van der Waals surface area (Å²) in [6, 6.07) is 44.8. The highest BCUT2D eigenvalue weighted by Gasteiger charge is 2.19. The van der Waals surface area contributed by atoms with Gasteiger partial charge in [0.05, 0.1) is 11.1 Å². The number of rotatable bonds is 5. The SMILES string of the molecule is Cc1ccc(N(c2ccccc2)c2ccc(C=Cc3cc4ccc5cc(C)cc6c(C#N)c(C#N)c(c3)c4c56)cc2)cc1. The first-order valence-corrected chi connectivity index (χ1v) is 14.3. The van der Waals surface area contributed by atoms with Crippen molar-refractivity contribution in [3.8, 4) is 12.1 Å². The van der Waals surface area contributed by atoms with Crippen molar-refractivity contribution in [2.75, 3.05) is 4.90 Å². The zero-order valence-corrected chi connectivity index (χ0v) is 24.0. The van der Waals surface area contributed by atoms with E-state index in [2.05, 4.69) is 133 Å². The topological polar surface area (TPSA) is 50.8 Å². The number of hydrogen-bond donors (Lipinski definition) is 0. The molecule has 7 rings (SSSR count). The Morgan fingerprint density at radius 3 is 1.67 bits per heavy atom. The van der Waals surface area contributed by atoms with E-state index in [0.29, 0.717) is 11.1 Å². The molecule has 0 spiro atoms. The molecule has 0 aliphatic heterocycles. The van der Waals surface area contributed by atoms with Crippen LogP contribution in [-0.4, -0.2) is 0 Å². The Hall–Kier alpha value is -5.90. The maximum absolute atomic E-state index is 10.2. The molecule has 7 aromatic rings. The van der Waals surface area contributed by atoms with E-state index in [1.165, 1.54) is 5.56 Å². The second kappa shape index (κ2) is 10.5. The largest absolute Gasteiger partial charge is 0.311 e. The summed E-state index contributed by atoms with van der Waals surface area (Å²) < 4.78 is 0. The third-order valence-corrected chi connectivity index (χ3v) is 8.14. The predicted molar refractivity (Wildman–Crippen MR) is 179 cm³/mol. The summed E-state index contributed by atoms with van der Waals surface area (Å²) in [6.45, 7) is 4.13. The monoisotopic (exact) mass is 549 g/mol. The highest BCUT2D eigenvalue weighted by Crippen LogP contribution is 2.40.